The summed E-state index contributed by atoms with van der Waals surface area (Å²) in [5.74, 6) is 0.439. The molecule has 104 valence electrons. The van der Waals surface area contributed by atoms with Crippen molar-refractivity contribution >= 4 is 23.2 Å². The van der Waals surface area contributed by atoms with E-state index in [1.807, 2.05) is 19.2 Å². The zero-order valence-corrected chi connectivity index (χ0v) is 12.3. The predicted molar refractivity (Wildman–Crippen MR) is 79.2 cm³/mol. The minimum Gasteiger partial charge on any atom is -0.294 e. The maximum atomic E-state index is 12.7. The van der Waals surface area contributed by atoms with Gasteiger partial charge in [-0.1, -0.05) is 0 Å². The minimum atomic E-state index is 0.185. The van der Waals surface area contributed by atoms with E-state index in [9.17, 15) is 4.79 Å². The number of thioether (sulfide) groups is 1. The highest BCUT2D eigenvalue weighted by molar-refractivity contribution is 8.00. The molecule has 2 saturated heterocycles. The lowest BCUT2D eigenvalue weighted by molar-refractivity contribution is 0.0906. The van der Waals surface area contributed by atoms with Crippen molar-refractivity contribution in [3.63, 3.8) is 0 Å². The largest absolute Gasteiger partial charge is 0.294 e. The van der Waals surface area contributed by atoms with Crippen LogP contribution in [0.4, 0.5) is 0 Å². The van der Waals surface area contributed by atoms with Crippen LogP contribution in [0.25, 0.3) is 5.65 Å². The lowest BCUT2D eigenvalue weighted by Gasteiger charge is -2.26. The van der Waals surface area contributed by atoms with Gasteiger partial charge in [0, 0.05) is 34.9 Å². The average Bonchev–Trinajstić information content (AvgIpc) is 2.98. The fraction of sp³-hybridized carbons (Fsp3) is 0.533. The highest BCUT2D eigenvalue weighted by Gasteiger charge is 2.38. The van der Waals surface area contributed by atoms with E-state index >= 15 is 0 Å². The molecule has 2 aromatic heterocycles. The van der Waals surface area contributed by atoms with Crippen LogP contribution in [0.3, 0.4) is 0 Å². The molecule has 0 aliphatic carbocycles. The lowest BCUT2D eigenvalue weighted by Crippen LogP contribution is -2.25. The van der Waals surface area contributed by atoms with Gasteiger partial charge in [0.15, 0.2) is 11.4 Å². The number of hydrogen-bond acceptors (Lipinski definition) is 4. The van der Waals surface area contributed by atoms with Gasteiger partial charge in [0.2, 0.25) is 0 Å². The molecule has 20 heavy (non-hydrogen) atoms. The smallest absolute Gasteiger partial charge is 0.169 e. The molecule has 2 aromatic rings. The SMILES string of the molecule is Cc1cc2ncc(C(=O)C3CC4CCC(C3)S4)cn2n1. The van der Waals surface area contributed by atoms with Crippen molar-refractivity contribution in [2.75, 3.05) is 0 Å². The molecule has 2 bridgehead atoms. The molecule has 0 radical (unpaired) electrons. The molecule has 0 aromatic carbocycles. The Hall–Kier alpha value is -1.36. The Morgan fingerprint density at radius 1 is 1.35 bits per heavy atom. The second-order valence-corrected chi connectivity index (χ2v) is 7.53. The first-order valence-electron chi connectivity index (χ1n) is 7.21. The Kier molecular flexibility index (Phi) is 2.84. The number of ketones is 1. The maximum Gasteiger partial charge on any atom is 0.169 e. The molecule has 5 heteroatoms. The second kappa shape index (κ2) is 4.58. The molecule has 0 amide bonds. The summed E-state index contributed by atoms with van der Waals surface area (Å²) in [7, 11) is 0. The monoisotopic (exact) mass is 287 g/mol. The quantitative estimate of drug-likeness (QED) is 0.797. The van der Waals surface area contributed by atoms with E-state index in [4.69, 9.17) is 0 Å². The summed E-state index contributed by atoms with van der Waals surface area (Å²) in [6, 6.07) is 1.92. The molecule has 2 aliphatic rings. The van der Waals surface area contributed by atoms with Crippen LogP contribution in [0, 0.1) is 12.8 Å². The Labute approximate surface area is 122 Å². The molecular formula is C15H17N3OS. The van der Waals surface area contributed by atoms with Gasteiger partial charge in [-0.05, 0) is 32.6 Å². The average molecular weight is 287 g/mol. The Bertz CT molecular complexity index is 669. The van der Waals surface area contributed by atoms with E-state index in [2.05, 4.69) is 21.8 Å². The van der Waals surface area contributed by atoms with Crippen LogP contribution in [-0.2, 0) is 0 Å². The van der Waals surface area contributed by atoms with Crippen LogP contribution in [0.5, 0.6) is 0 Å². The van der Waals surface area contributed by atoms with Gasteiger partial charge in [0.25, 0.3) is 0 Å². The van der Waals surface area contributed by atoms with Crippen LogP contribution >= 0.6 is 11.8 Å². The van der Waals surface area contributed by atoms with E-state index in [1.54, 1.807) is 10.7 Å². The van der Waals surface area contributed by atoms with E-state index in [0.29, 0.717) is 16.1 Å². The minimum absolute atomic E-state index is 0.185. The molecule has 2 aliphatic heterocycles. The normalized spacial score (nSPS) is 28.9. The number of carbonyl (C=O) groups excluding carboxylic acids is 1. The molecule has 4 nitrogen and oxygen atoms in total. The fourth-order valence-electron chi connectivity index (χ4n) is 3.43. The number of Topliss-reactive ketones (excluding diaryl/α,β-unsaturated/α-hetero) is 1. The second-order valence-electron chi connectivity index (χ2n) is 5.92. The van der Waals surface area contributed by atoms with Gasteiger partial charge in [-0.2, -0.15) is 16.9 Å². The first-order chi connectivity index (χ1) is 9.69. The van der Waals surface area contributed by atoms with Gasteiger partial charge in [-0.25, -0.2) is 9.50 Å². The molecule has 0 saturated carbocycles. The number of aromatic nitrogens is 3. The summed E-state index contributed by atoms with van der Waals surface area (Å²) in [4.78, 5) is 17.0. The highest BCUT2D eigenvalue weighted by Crippen LogP contribution is 2.46. The van der Waals surface area contributed by atoms with Gasteiger partial charge in [-0.3, -0.25) is 4.79 Å². The molecule has 2 fully saturated rings. The Balaban J connectivity index is 1.63. The van der Waals surface area contributed by atoms with Crippen LogP contribution in [0.15, 0.2) is 18.5 Å². The van der Waals surface area contributed by atoms with E-state index in [0.717, 1.165) is 24.2 Å². The lowest BCUT2D eigenvalue weighted by atomic mass is 9.91. The molecule has 2 atom stereocenters. The third kappa shape index (κ3) is 2.04. The topological polar surface area (TPSA) is 47.3 Å². The molecule has 2 unspecified atom stereocenters. The third-order valence-electron chi connectivity index (χ3n) is 4.38. The van der Waals surface area contributed by atoms with Gasteiger partial charge in [0.05, 0.1) is 11.3 Å². The van der Waals surface area contributed by atoms with Crippen molar-refractivity contribution in [1.29, 1.82) is 0 Å². The van der Waals surface area contributed by atoms with Crippen molar-refractivity contribution in [3.8, 4) is 0 Å². The van der Waals surface area contributed by atoms with Crippen molar-refractivity contribution in [1.82, 2.24) is 14.6 Å². The van der Waals surface area contributed by atoms with Gasteiger partial charge >= 0.3 is 0 Å². The maximum absolute atomic E-state index is 12.7. The van der Waals surface area contributed by atoms with Crippen molar-refractivity contribution in [3.05, 3.63) is 29.7 Å². The Morgan fingerprint density at radius 2 is 2.10 bits per heavy atom. The summed E-state index contributed by atoms with van der Waals surface area (Å²) >= 11 is 2.09. The molecule has 0 N–H and O–H groups in total. The molecule has 0 spiro atoms. The van der Waals surface area contributed by atoms with E-state index < -0.39 is 0 Å². The van der Waals surface area contributed by atoms with Crippen LogP contribution in [0.1, 0.15) is 41.7 Å². The van der Waals surface area contributed by atoms with Crippen molar-refractivity contribution in [2.24, 2.45) is 5.92 Å². The highest BCUT2D eigenvalue weighted by atomic mass is 32.2. The number of nitrogens with zero attached hydrogens (tertiary/aromatic N) is 3. The third-order valence-corrected chi connectivity index (χ3v) is 6.01. The van der Waals surface area contributed by atoms with Crippen LogP contribution in [-0.4, -0.2) is 30.9 Å². The van der Waals surface area contributed by atoms with Crippen molar-refractivity contribution in [2.45, 2.75) is 43.1 Å². The zero-order chi connectivity index (χ0) is 13.7. The number of hydrogen-bond donors (Lipinski definition) is 0. The van der Waals surface area contributed by atoms with Crippen LogP contribution in [0.2, 0.25) is 0 Å². The van der Waals surface area contributed by atoms with Crippen LogP contribution < -0.4 is 0 Å². The number of aryl methyl sites for hydroxylation is 1. The standard InChI is InChI=1S/C15H17N3OS/c1-9-4-14-16-7-11(8-18(14)17-9)15(19)10-5-12-2-3-13(6-10)20-12/h4,7-8,10,12-13H,2-3,5-6H2,1H3. The fourth-order valence-corrected chi connectivity index (χ4v) is 5.21. The first-order valence-corrected chi connectivity index (χ1v) is 8.15. The summed E-state index contributed by atoms with van der Waals surface area (Å²) in [5.41, 5.74) is 2.43. The summed E-state index contributed by atoms with van der Waals surface area (Å²) in [6.07, 6.45) is 8.19. The number of fused-ring (bicyclic) bond motifs is 3. The molecule has 4 rings (SSSR count). The van der Waals surface area contributed by atoms with Gasteiger partial charge < -0.3 is 0 Å². The Morgan fingerprint density at radius 3 is 2.85 bits per heavy atom. The number of carbonyl (C=O) groups is 1. The van der Waals surface area contributed by atoms with Crippen molar-refractivity contribution < 1.29 is 4.79 Å². The number of rotatable bonds is 2. The first kappa shape index (κ1) is 12.4. The summed E-state index contributed by atoms with van der Waals surface area (Å²) in [6.45, 7) is 1.94. The summed E-state index contributed by atoms with van der Waals surface area (Å²) in [5, 5.41) is 5.74. The molecular weight excluding hydrogens is 270 g/mol. The van der Waals surface area contributed by atoms with E-state index in [1.165, 1.54) is 12.8 Å². The zero-order valence-electron chi connectivity index (χ0n) is 11.5. The predicted octanol–water partition coefficient (Wildman–Crippen LogP) is 2.89. The molecule has 4 heterocycles. The van der Waals surface area contributed by atoms with Gasteiger partial charge in [-0.15, -0.1) is 0 Å². The van der Waals surface area contributed by atoms with Gasteiger partial charge in [0.1, 0.15) is 0 Å². The van der Waals surface area contributed by atoms with E-state index in [-0.39, 0.29) is 11.7 Å². The summed E-state index contributed by atoms with van der Waals surface area (Å²) < 4.78 is 1.72.